The lowest BCUT2D eigenvalue weighted by Gasteiger charge is -2.11. The van der Waals surface area contributed by atoms with Crippen LogP contribution in [0.3, 0.4) is 0 Å². The molecule has 0 bridgehead atoms. The number of benzene rings is 2. The lowest BCUT2D eigenvalue weighted by atomic mass is 10.0. The highest BCUT2D eigenvalue weighted by Crippen LogP contribution is 2.26. The normalized spacial score (nSPS) is 12.1. The average molecular weight is 239 g/mol. The van der Waals surface area contributed by atoms with Gasteiger partial charge in [0.15, 0.2) is 0 Å². The van der Waals surface area contributed by atoms with Gasteiger partial charge in [-0.3, -0.25) is 0 Å². The molecule has 0 aliphatic rings. The molecule has 2 aromatic carbocycles. The molecule has 2 aromatic rings. The Balaban J connectivity index is 2.32. The van der Waals surface area contributed by atoms with Crippen molar-refractivity contribution in [3.63, 3.8) is 0 Å². The van der Waals surface area contributed by atoms with E-state index in [4.69, 9.17) is 11.0 Å². The second kappa shape index (κ2) is 5.52. The van der Waals surface area contributed by atoms with Crippen LogP contribution in [0.5, 0.6) is 0 Å². The summed E-state index contributed by atoms with van der Waals surface area (Å²) in [5, 5.41) is 14.5. The Labute approximate surface area is 107 Å². The van der Waals surface area contributed by atoms with E-state index in [0.717, 1.165) is 29.4 Å². The van der Waals surface area contributed by atoms with E-state index in [1.165, 1.54) is 0 Å². The first kappa shape index (κ1) is 12.4. The van der Waals surface area contributed by atoms with Gasteiger partial charge in [-0.1, -0.05) is 24.3 Å². The Bertz CT molecular complexity index is 582. The summed E-state index contributed by atoms with van der Waals surface area (Å²) in [6.07, 6.45) is 0.925. The van der Waals surface area contributed by atoms with Crippen LogP contribution < -0.4 is 11.1 Å². The first-order valence-corrected chi connectivity index (χ1v) is 6.13. The molecule has 3 nitrogen and oxygen atoms in total. The largest absolute Gasteiger partial charge is 0.384 e. The van der Waals surface area contributed by atoms with Crippen LogP contribution in [0.1, 0.15) is 18.9 Å². The molecule has 0 aromatic heterocycles. The molecule has 3 heteroatoms. The summed E-state index contributed by atoms with van der Waals surface area (Å²) in [5.74, 6) is 0. The maximum atomic E-state index is 9.09. The summed E-state index contributed by atoms with van der Waals surface area (Å²) in [7, 11) is 0. The number of hydrogen-bond donors (Lipinski definition) is 2. The van der Waals surface area contributed by atoms with Crippen LogP contribution >= 0.6 is 0 Å². The van der Waals surface area contributed by atoms with Crippen molar-refractivity contribution in [3.05, 3.63) is 42.0 Å². The minimum absolute atomic E-state index is 0.196. The monoisotopic (exact) mass is 239 g/mol. The maximum absolute atomic E-state index is 9.09. The van der Waals surface area contributed by atoms with E-state index in [0.29, 0.717) is 5.56 Å². The van der Waals surface area contributed by atoms with Crippen LogP contribution in [-0.4, -0.2) is 12.6 Å². The van der Waals surface area contributed by atoms with Gasteiger partial charge in [0.2, 0.25) is 0 Å². The Kier molecular flexibility index (Phi) is 3.81. The number of nitrogens with one attached hydrogen (secondary N) is 1. The van der Waals surface area contributed by atoms with Gasteiger partial charge in [0.25, 0.3) is 0 Å². The zero-order valence-electron chi connectivity index (χ0n) is 10.5. The van der Waals surface area contributed by atoms with Crippen molar-refractivity contribution >= 4 is 16.5 Å². The molecular weight excluding hydrogens is 222 g/mol. The minimum atomic E-state index is 0.196. The van der Waals surface area contributed by atoms with Crippen LogP contribution in [0.15, 0.2) is 36.4 Å². The molecule has 1 atom stereocenters. The molecule has 0 amide bonds. The topological polar surface area (TPSA) is 61.8 Å². The predicted molar refractivity (Wildman–Crippen MR) is 75.4 cm³/mol. The number of hydrogen-bond acceptors (Lipinski definition) is 3. The van der Waals surface area contributed by atoms with Crippen molar-refractivity contribution in [2.45, 2.75) is 19.4 Å². The summed E-state index contributed by atoms with van der Waals surface area (Å²) >= 11 is 0. The smallest absolute Gasteiger partial charge is 0.0998 e. The van der Waals surface area contributed by atoms with E-state index in [9.17, 15) is 0 Å². The third-order valence-electron chi connectivity index (χ3n) is 2.96. The van der Waals surface area contributed by atoms with Gasteiger partial charge in [-0.2, -0.15) is 5.26 Å². The summed E-state index contributed by atoms with van der Waals surface area (Å²) in [6.45, 7) is 2.84. The van der Waals surface area contributed by atoms with Crippen molar-refractivity contribution < 1.29 is 0 Å². The van der Waals surface area contributed by atoms with Crippen molar-refractivity contribution in [3.8, 4) is 6.07 Å². The van der Waals surface area contributed by atoms with Crippen molar-refractivity contribution in [1.82, 2.24) is 0 Å². The van der Waals surface area contributed by atoms with Gasteiger partial charge in [-0.25, -0.2) is 0 Å². The Morgan fingerprint density at radius 3 is 2.61 bits per heavy atom. The van der Waals surface area contributed by atoms with Crippen LogP contribution in [0.4, 0.5) is 5.69 Å². The van der Waals surface area contributed by atoms with Gasteiger partial charge in [0, 0.05) is 29.0 Å². The van der Waals surface area contributed by atoms with Crippen LogP contribution in [-0.2, 0) is 0 Å². The molecule has 0 radical (unpaired) electrons. The standard InChI is InChI=1S/C15H17N3/c1-11(17)8-9-18-15-7-6-12(10-16)13-4-2-3-5-14(13)15/h2-7,11,18H,8-9,17H2,1H3. The second-order valence-corrected chi connectivity index (χ2v) is 4.51. The Hall–Kier alpha value is -2.05. The molecule has 0 aliphatic carbocycles. The first-order valence-electron chi connectivity index (χ1n) is 6.13. The lowest BCUT2D eigenvalue weighted by molar-refractivity contribution is 0.690. The first-order chi connectivity index (χ1) is 8.72. The zero-order chi connectivity index (χ0) is 13.0. The minimum Gasteiger partial charge on any atom is -0.384 e. The number of nitriles is 1. The number of nitrogens with zero attached hydrogens (tertiary/aromatic N) is 1. The molecule has 0 aliphatic heterocycles. The summed E-state index contributed by atoms with van der Waals surface area (Å²) in [6, 6.07) is 14.2. The Morgan fingerprint density at radius 2 is 1.94 bits per heavy atom. The molecule has 0 heterocycles. The molecule has 18 heavy (non-hydrogen) atoms. The SMILES string of the molecule is CC(N)CCNc1ccc(C#N)c2ccccc12. The van der Waals surface area contributed by atoms with Gasteiger partial charge in [-0.15, -0.1) is 0 Å². The van der Waals surface area contributed by atoms with Crippen LogP contribution in [0.25, 0.3) is 10.8 Å². The van der Waals surface area contributed by atoms with E-state index < -0.39 is 0 Å². The van der Waals surface area contributed by atoms with Crippen molar-refractivity contribution in [2.75, 3.05) is 11.9 Å². The van der Waals surface area contributed by atoms with E-state index in [2.05, 4.69) is 11.4 Å². The fourth-order valence-corrected chi connectivity index (χ4v) is 1.99. The number of fused-ring (bicyclic) bond motifs is 1. The maximum Gasteiger partial charge on any atom is 0.0998 e. The number of rotatable bonds is 4. The zero-order valence-corrected chi connectivity index (χ0v) is 10.5. The molecule has 0 fully saturated rings. The highest BCUT2D eigenvalue weighted by molar-refractivity contribution is 5.97. The van der Waals surface area contributed by atoms with Crippen LogP contribution in [0, 0.1) is 11.3 Å². The van der Waals surface area contributed by atoms with Crippen molar-refractivity contribution in [2.24, 2.45) is 5.73 Å². The van der Waals surface area contributed by atoms with Gasteiger partial charge in [-0.05, 0) is 25.5 Å². The van der Waals surface area contributed by atoms with E-state index >= 15 is 0 Å². The van der Waals surface area contributed by atoms with Crippen molar-refractivity contribution in [1.29, 1.82) is 5.26 Å². The fourth-order valence-electron chi connectivity index (χ4n) is 1.99. The van der Waals surface area contributed by atoms with Gasteiger partial charge < -0.3 is 11.1 Å². The molecule has 0 saturated heterocycles. The highest BCUT2D eigenvalue weighted by Gasteiger charge is 2.04. The quantitative estimate of drug-likeness (QED) is 0.862. The van der Waals surface area contributed by atoms with Gasteiger partial charge >= 0.3 is 0 Å². The molecule has 0 saturated carbocycles. The molecule has 3 N–H and O–H groups in total. The third-order valence-corrected chi connectivity index (χ3v) is 2.96. The number of anilines is 1. The van der Waals surface area contributed by atoms with E-state index in [-0.39, 0.29) is 6.04 Å². The predicted octanol–water partition coefficient (Wildman–Crippen LogP) is 2.86. The van der Waals surface area contributed by atoms with Gasteiger partial charge in [0.05, 0.1) is 11.6 Å². The molecule has 1 unspecified atom stereocenters. The lowest BCUT2D eigenvalue weighted by Crippen LogP contribution is -2.19. The fraction of sp³-hybridized carbons (Fsp3) is 0.267. The summed E-state index contributed by atoms with van der Waals surface area (Å²) in [4.78, 5) is 0. The number of nitrogens with two attached hydrogens (primary N) is 1. The molecule has 2 rings (SSSR count). The van der Waals surface area contributed by atoms with E-state index in [1.807, 2.05) is 43.3 Å². The van der Waals surface area contributed by atoms with Gasteiger partial charge in [0.1, 0.15) is 0 Å². The molecular formula is C15H17N3. The van der Waals surface area contributed by atoms with Crippen LogP contribution in [0.2, 0.25) is 0 Å². The summed E-state index contributed by atoms with van der Waals surface area (Å²) in [5.41, 5.74) is 7.50. The Morgan fingerprint density at radius 1 is 1.22 bits per heavy atom. The second-order valence-electron chi connectivity index (χ2n) is 4.51. The average Bonchev–Trinajstić information content (AvgIpc) is 2.38. The molecule has 0 spiro atoms. The van der Waals surface area contributed by atoms with E-state index in [1.54, 1.807) is 0 Å². The highest BCUT2D eigenvalue weighted by atomic mass is 14.9. The third kappa shape index (κ3) is 2.61. The summed E-state index contributed by atoms with van der Waals surface area (Å²) < 4.78 is 0. The molecule has 92 valence electrons.